The highest BCUT2D eigenvalue weighted by molar-refractivity contribution is 6.34. The molecule has 1 fully saturated rings. The number of hydrogen-bond donors (Lipinski definition) is 2. The summed E-state index contributed by atoms with van der Waals surface area (Å²) in [6.45, 7) is 2.93. The van der Waals surface area contributed by atoms with Crippen LogP contribution in [0, 0.1) is 5.41 Å². The maximum Gasteiger partial charge on any atom is 0.254 e. The van der Waals surface area contributed by atoms with E-state index in [2.05, 4.69) is 12.2 Å². The lowest BCUT2D eigenvalue weighted by atomic mass is 9.76. The topological polar surface area (TPSA) is 55.1 Å². The van der Waals surface area contributed by atoms with Crippen LogP contribution in [0.15, 0.2) is 18.2 Å². The zero-order chi connectivity index (χ0) is 13.9. The van der Waals surface area contributed by atoms with Crippen LogP contribution in [0.5, 0.6) is 0 Å². The molecule has 3 nitrogen and oxygen atoms in total. The minimum absolute atomic E-state index is 0.171. The first-order valence-corrected chi connectivity index (χ1v) is 7.22. The highest BCUT2D eigenvalue weighted by Gasteiger charge is 2.27. The van der Waals surface area contributed by atoms with Crippen LogP contribution in [0.25, 0.3) is 0 Å². The molecule has 1 amide bonds. The lowest BCUT2D eigenvalue weighted by molar-refractivity contribution is 0.0920. The number of benzene rings is 1. The van der Waals surface area contributed by atoms with Crippen LogP contribution in [0.3, 0.4) is 0 Å². The van der Waals surface area contributed by atoms with E-state index < -0.39 is 0 Å². The summed E-state index contributed by atoms with van der Waals surface area (Å²) in [5.41, 5.74) is 6.85. The Morgan fingerprint density at radius 1 is 1.37 bits per heavy atom. The van der Waals surface area contributed by atoms with E-state index in [1.54, 1.807) is 18.2 Å². The fourth-order valence-electron chi connectivity index (χ4n) is 2.74. The van der Waals surface area contributed by atoms with Gasteiger partial charge in [-0.1, -0.05) is 43.9 Å². The zero-order valence-corrected chi connectivity index (χ0v) is 12.1. The van der Waals surface area contributed by atoms with Crippen molar-refractivity contribution in [2.24, 2.45) is 5.41 Å². The van der Waals surface area contributed by atoms with Crippen LogP contribution < -0.4 is 11.1 Å². The SMILES string of the molecule is CC1(CNC(=O)c2c(N)cccc2Cl)CCCCC1. The summed E-state index contributed by atoms with van der Waals surface area (Å²) in [6.07, 6.45) is 6.15. The Labute approximate surface area is 119 Å². The van der Waals surface area contributed by atoms with E-state index in [1.165, 1.54) is 32.1 Å². The fourth-order valence-corrected chi connectivity index (χ4v) is 3.01. The molecule has 19 heavy (non-hydrogen) atoms. The Kier molecular flexibility index (Phi) is 4.35. The Balaban J connectivity index is 2.01. The lowest BCUT2D eigenvalue weighted by Crippen LogP contribution is -2.37. The molecule has 0 saturated heterocycles. The number of nitrogens with two attached hydrogens (primary N) is 1. The van der Waals surface area contributed by atoms with E-state index in [0.717, 1.165) is 0 Å². The lowest BCUT2D eigenvalue weighted by Gasteiger charge is -2.33. The summed E-state index contributed by atoms with van der Waals surface area (Å²) >= 11 is 6.04. The Morgan fingerprint density at radius 3 is 2.68 bits per heavy atom. The molecule has 0 heterocycles. The summed E-state index contributed by atoms with van der Waals surface area (Å²) < 4.78 is 0. The van der Waals surface area contributed by atoms with Crippen molar-refractivity contribution in [1.82, 2.24) is 5.32 Å². The third kappa shape index (κ3) is 3.41. The van der Waals surface area contributed by atoms with Gasteiger partial charge in [0.25, 0.3) is 5.91 Å². The summed E-state index contributed by atoms with van der Waals surface area (Å²) in [4.78, 5) is 12.2. The molecule has 1 aromatic carbocycles. The molecule has 2 rings (SSSR count). The van der Waals surface area contributed by atoms with Gasteiger partial charge in [0.15, 0.2) is 0 Å². The highest BCUT2D eigenvalue weighted by Crippen LogP contribution is 2.35. The van der Waals surface area contributed by atoms with Crippen molar-refractivity contribution in [3.05, 3.63) is 28.8 Å². The number of hydrogen-bond acceptors (Lipinski definition) is 2. The van der Waals surface area contributed by atoms with E-state index in [1.807, 2.05) is 0 Å². The average molecular weight is 281 g/mol. The highest BCUT2D eigenvalue weighted by atomic mass is 35.5. The number of carbonyl (C=O) groups excluding carboxylic acids is 1. The summed E-state index contributed by atoms with van der Waals surface area (Å²) in [5.74, 6) is -0.171. The van der Waals surface area contributed by atoms with E-state index in [0.29, 0.717) is 22.8 Å². The van der Waals surface area contributed by atoms with E-state index in [4.69, 9.17) is 17.3 Å². The van der Waals surface area contributed by atoms with E-state index >= 15 is 0 Å². The van der Waals surface area contributed by atoms with Crippen molar-refractivity contribution in [1.29, 1.82) is 0 Å². The number of halogens is 1. The van der Waals surface area contributed by atoms with Crippen molar-refractivity contribution in [3.63, 3.8) is 0 Å². The molecule has 0 radical (unpaired) electrons. The van der Waals surface area contributed by atoms with Crippen LogP contribution in [0.1, 0.15) is 49.4 Å². The van der Waals surface area contributed by atoms with Gasteiger partial charge in [0.1, 0.15) is 0 Å². The van der Waals surface area contributed by atoms with Crippen LogP contribution in [-0.2, 0) is 0 Å². The van der Waals surface area contributed by atoms with Gasteiger partial charge >= 0.3 is 0 Å². The van der Waals surface area contributed by atoms with E-state index in [9.17, 15) is 4.79 Å². The Morgan fingerprint density at radius 2 is 2.05 bits per heavy atom. The van der Waals surface area contributed by atoms with Gasteiger partial charge in [-0.15, -0.1) is 0 Å². The normalized spacial score (nSPS) is 18.0. The summed E-state index contributed by atoms with van der Waals surface area (Å²) in [5, 5.41) is 3.40. The summed E-state index contributed by atoms with van der Waals surface area (Å²) in [7, 11) is 0. The molecule has 0 atom stereocenters. The molecule has 104 valence electrons. The predicted molar refractivity (Wildman–Crippen MR) is 79.4 cm³/mol. The van der Waals surface area contributed by atoms with Crippen molar-refractivity contribution in [2.75, 3.05) is 12.3 Å². The number of anilines is 1. The number of amides is 1. The third-order valence-electron chi connectivity index (χ3n) is 4.01. The number of nitrogen functional groups attached to an aromatic ring is 1. The number of nitrogens with one attached hydrogen (secondary N) is 1. The molecular weight excluding hydrogens is 260 g/mol. The molecule has 0 spiro atoms. The van der Waals surface area contributed by atoms with Gasteiger partial charge in [0.05, 0.1) is 10.6 Å². The monoisotopic (exact) mass is 280 g/mol. The number of carbonyl (C=O) groups is 1. The van der Waals surface area contributed by atoms with Crippen molar-refractivity contribution < 1.29 is 4.79 Å². The molecule has 0 bridgehead atoms. The largest absolute Gasteiger partial charge is 0.398 e. The van der Waals surface area contributed by atoms with Gasteiger partial charge in [0.2, 0.25) is 0 Å². The van der Waals surface area contributed by atoms with Crippen molar-refractivity contribution in [2.45, 2.75) is 39.0 Å². The van der Waals surface area contributed by atoms with Crippen LogP contribution in [0.4, 0.5) is 5.69 Å². The smallest absolute Gasteiger partial charge is 0.254 e. The van der Waals surface area contributed by atoms with E-state index in [-0.39, 0.29) is 11.3 Å². The second-order valence-corrected chi connectivity index (χ2v) is 6.17. The fraction of sp³-hybridized carbons (Fsp3) is 0.533. The van der Waals surface area contributed by atoms with Crippen molar-refractivity contribution >= 4 is 23.2 Å². The first-order valence-electron chi connectivity index (χ1n) is 6.84. The molecule has 1 aliphatic carbocycles. The Bertz CT molecular complexity index is 447. The molecular formula is C15H21ClN2O. The minimum Gasteiger partial charge on any atom is -0.398 e. The van der Waals surface area contributed by atoms with Crippen LogP contribution >= 0.6 is 11.6 Å². The molecule has 0 aromatic heterocycles. The standard InChI is InChI=1S/C15H21ClN2O/c1-15(8-3-2-4-9-15)10-18-14(19)13-11(16)6-5-7-12(13)17/h5-7H,2-4,8-10,17H2,1H3,(H,18,19). The van der Waals surface area contributed by atoms with Gasteiger partial charge in [0, 0.05) is 12.2 Å². The molecule has 1 aromatic rings. The van der Waals surface area contributed by atoms with Gasteiger partial charge in [-0.05, 0) is 30.4 Å². The van der Waals surface area contributed by atoms with Crippen LogP contribution in [0.2, 0.25) is 5.02 Å². The van der Waals surface area contributed by atoms with Crippen LogP contribution in [-0.4, -0.2) is 12.5 Å². The van der Waals surface area contributed by atoms with Crippen molar-refractivity contribution in [3.8, 4) is 0 Å². The quantitative estimate of drug-likeness (QED) is 0.831. The number of rotatable bonds is 3. The van der Waals surface area contributed by atoms with Gasteiger partial charge in [-0.2, -0.15) is 0 Å². The molecule has 0 aliphatic heterocycles. The molecule has 3 N–H and O–H groups in total. The first-order chi connectivity index (χ1) is 9.02. The van der Waals surface area contributed by atoms with Gasteiger partial charge in [-0.3, -0.25) is 4.79 Å². The zero-order valence-electron chi connectivity index (χ0n) is 11.3. The third-order valence-corrected chi connectivity index (χ3v) is 4.32. The maximum absolute atomic E-state index is 12.2. The average Bonchev–Trinajstić information content (AvgIpc) is 2.37. The Hall–Kier alpha value is -1.22. The minimum atomic E-state index is -0.171. The second-order valence-electron chi connectivity index (χ2n) is 5.76. The summed E-state index contributed by atoms with van der Waals surface area (Å²) in [6, 6.07) is 5.13. The molecule has 0 unspecified atom stereocenters. The maximum atomic E-state index is 12.2. The predicted octanol–water partition coefficient (Wildman–Crippen LogP) is 3.62. The molecule has 4 heteroatoms. The molecule has 1 aliphatic rings. The second kappa shape index (κ2) is 5.83. The first kappa shape index (κ1) is 14.2. The van der Waals surface area contributed by atoms with Gasteiger partial charge in [-0.25, -0.2) is 0 Å². The molecule has 1 saturated carbocycles. The van der Waals surface area contributed by atoms with Gasteiger partial charge < -0.3 is 11.1 Å².